The summed E-state index contributed by atoms with van der Waals surface area (Å²) in [6, 6.07) is 6.35. The van der Waals surface area contributed by atoms with Gasteiger partial charge in [-0.3, -0.25) is 0 Å². The van der Waals surface area contributed by atoms with Crippen LogP contribution in [-0.4, -0.2) is 18.8 Å². The van der Waals surface area contributed by atoms with Crippen LogP contribution >= 0.6 is 12.2 Å². The molecular formula is C17H19NO2S. The van der Waals surface area contributed by atoms with E-state index in [4.69, 9.17) is 21.7 Å². The van der Waals surface area contributed by atoms with Gasteiger partial charge in [-0.15, -0.1) is 0 Å². The number of ether oxygens (including phenoxy) is 2. The number of benzene rings is 1. The Kier molecular flexibility index (Phi) is 3.49. The fourth-order valence-electron chi connectivity index (χ4n) is 2.92. The molecule has 3 rings (SSSR count). The van der Waals surface area contributed by atoms with Crippen LogP contribution in [0.3, 0.4) is 0 Å². The third-order valence-electron chi connectivity index (χ3n) is 4.29. The minimum Gasteiger partial charge on any atom is -0.493 e. The van der Waals surface area contributed by atoms with Gasteiger partial charge in [0.1, 0.15) is 4.64 Å². The van der Waals surface area contributed by atoms with Gasteiger partial charge in [-0.25, -0.2) is 0 Å². The predicted octanol–water partition coefficient (Wildman–Crippen LogP) is 4.07. The largest absolute Gasteiger partial charge is 0.493 e. The van der Waals surface area contributed by atoms with Crippen molar-refractivity contribution in [1.29, 1.82) is 0 Å². The fraction of sp³-hybridized carbons (Fsp3) is 0.353. The summed E-state index contributed by atoms with van der Waals surface area (Å²) in [7, 11) is 3.34. The first kappa shape index (κ1) is 14.1. The topological polar surface area (TPSA) is 23.4 Å². The molecule has 1 aliphatic rings. The third-order valence-corrected chi connectivity index (χ3v) is 4.82. The van der Waals surface area contributed by atoms with Gasteiger partial charge < -0.3 is 14.0 Å². The number of hydrogen-bond donors (Lipinski definition) is 0. The first-order valence-corrected chi connectivity index (χ1v) is 7.44. The highest BCUT2D eigenvalue weighted by Gasteiger charge is 2.20. The average molecular weight is 301 g/mol. The lowest BCUT2D eigenvalue weighted by molar-refractivity contribution is 0.354. The summed E-state index contributed by atoms with van der Waals surface area (Å²) < 4.78 is 14.0. The van der Waals surface area contributed by atoms with Crippen molar-refractivity contribution in [1.82, 2.24) is 4.57 Å². The Morgan fingerprint density at radius 3 is 2.38 bits per heavy atom. The molecule has 0 amide bonds. The Hall–Kier alpha value is -1.81. The number of rotatable bonds is 2. The maximum Gasteiger partial charge on any atom is 0.161 e. The first-order chi connectivity index (χ1) is 10.1. The van der Waals surface area contributed by atoms with Crippen LogP contribution in [0, 0.1) is 18.5 Å². The van der Waals surface area contributed by atoms with Crippen molar-refractivity contribution < 1.29 is 9.47 Å². The molecule has 0 bridgehead atoms. The van der Waals surface area contributed by atoms with Crippen LogP contribution in [0.4, 0.5) is 0 Å². The molecule has 0 fully saturated rings. The molecule has 3 nitrogen and oxygen atoms in total. The van der Waals surface area contributed by atoms with Crippen molar-refractivity contribution in [2.45, 2.75) is 26.8 Å². The number of hydrogen-bond acceptors (Lipinski definition) is 3. The van der Waals surface area contributed by atoms with Crippen molar-refractivity contribution in [3.8, 4) is 22.8 Å². The Morgan fingerprint density at radius 2 is 1.71 bits per heavy atom. The Labute approximate surface area is 130 Å². The smallest absolute Gasteiger partial charge is 0.161 e. The van der Waals surface area contributed by atoms with Crippen molar-refractivity contribution in [2.75, 3.05) is 14.2 Å². The van der Waals surface area contributed by atoms with Crippen molar-refractivity contribution in [3.05, 3.63) is 39.5 Å². The molecule has 0 aliphatic carbocycles. The molecule has 2 aromatic rings. The molecule has 1 aromatic carbocycles. The summed E-state index contributed by atoms with van der Waals surface area (Å²) in [5, 5.41) is 0. The van der Waals surface area contributed by atoms with Crippen LogP contribution in [0.1, 0.15) is 16.7 Å². The number of aryl methyl sites for hydroxylation is 2. The zero-order valence-corrected chi connectivity index (χ0v) is 13.6. The minimum atomic E-state index is 0.758. The number of nitrogens with zero attached hydrogens (tertiary/aromatic N) is 1. The van der Waals surface area contributed by atoms with E-state index < -0.39 is 0 Å². The van der Waals surface area contributed by atoms with E-state index in [1.165, 1.54) is 27.9 Å². The van der Waals surface area contributed by atoms with Gasteiger partial charge in [0.25, 0.3) is 0 Å². The summed E-state index contributed by atoms with van der Waals surface area (Å²) in [6.07, 6.45) is 0.958. The Bertz CT molecular complexity index is 777. The number of pyridine rings is 1. The lowest BCUT2D eigenvalue weighted by atomic mass is 9.95. The highest BCUT2D eigenvalue weighted by atomic mass is 32.1. The van der Waals surface area contributed by atoms with E-state index >= 15 is 0 Å². The maximum absolute atomic E-state index is 5.61. The van der Waals surface area contributed by atoms with Crippen LogP contribution < -0.4 is 9.47 Å². The molecule has 1 aromatic heterocycles. The maximum atomic E-state index is 5.61. The standard InChI is InChI=1S/C17H19NO2S/c1-10-7-14-13-9-16(20-4)15(19-3)8-12(13)5-6-18(14)17(21)11(10)2/h7-9H,5-6H2,1-4H3. The molecule has 0 radical (unpaired) electrons. The van der Waals surface area contributed by atoms with Crippen LogP contribution in [0.25, 0.3) is 11.3 Å². The summed E-state index contributed by atoms with van der Waals surface area (Å²) in [5.41, 5.74) is 6.07. The van der Waals surface area contributed by atoms with Crippen LogP contribution in [0.15, 0.2) is 18.2 Å². The molecule has 0 spiro atoms. The van der Waals surface area contributed by atoms with E-state index in [0.717, 1.165) is 29.1 Å². The molecule has 110 valence electrons. The fourth-order valence-corrected chi connectivity index (χ4v) is 3.27. The summed E-state index contributed by atoms with van der Waals surface area (Å²) in [5.74, 6) is 1.54. The van der Waals surface area contributed by atoms with Crippen molar-refractivity contribution >= 4 is 12.2 Å². The highest BCUT2D eigenvalue weighted by Crippen LogP contribution is 2.39. The predicted molar refractivity (Wildman–Crippen MR) is 87.0 cm³/mol. The Balaban J connectivity index is 2.30. The molecule has 0 unspecified atom stereocenters. The van der Waals surface area contributed by atoms with Gasteiger partial charge in [0.05, 0.1) is 14.2 Å². The second kappa shape index (κ2) is 5.19. The van der Waals surface area contributed by atoms with Crippen LogP contribution in [-0.2, 0) is 13.0 Å². The van der Waals surface area contributed by atoms with Crippen molar-refractivity contribution in [2.24, 2.45) is 0 Å². The lowest BCUT2D eigenvalue weighted by Gasteiger charge is -2.25. The van der Waals surface area contributed by atoms with Gasteiger partial charge in [0.2, 0.25) is 0 Å². The summed E-state index contributed by atoms with van der Waals surface area (Å²) >= 11 is 5.61. The van der Waals surface area contributed by atoms with Gasteiger partial charge in [-0.1, -0.05) is 12.2 Å². The third kappa shape index (κ3) is 2.14. The average Bonchev–Trinajstić information content (AvgIpc) is 2.51. The lowest BCUT2D eigenvalue weighted by Crippen LogP contribution is -2.15. The van der Waals surface area contributed by atoms with Crippen LogP contribution in [0.2, 0.25) is 0 Å². The normalized spacial score (nSPS) is 12.6. The molecular weight excluding hydrogens is 282 g/mol. The quantitative estimate of drug-likeness (QED) is 0.781. The second-order valence-electron chi connectivity index (χ2n) is 5.41. The highest BCUT2D eigenvalue weighted by molar-refractivity contribution is 7.71. The van der Waals surface area contributed by atoms with Crippen molar-refractivity contribution in [3.63, 3.8) is 0 Å². The van der Waals surface area contributed by atoms with E-state index in [0.29, 0.717) is 0 Å². The molecule has 0 atom stereocenters. The Morgan fingerprint density at radius 1 is 1.05 bits per heavy atom. The number of fused-ring (bicyclic) bond motifs is 3. The SMILES string of the molecule is COc1cc2c(cc1OC)-c1cc(C)c(C)c(=S)n1CC2. The molecule has 2 heterocycles. The van der Waals surface area contributed by atoms with E-state index in [9.17, 15) is 0 Å². The number of aromatic nitrogens is 1. The van der Waals surface area contributed by atoms with Crippen LogP contribution in [0.5, 0.6) is 11.5 Å². The zero-order chi connectivity index (χ0) is 15.1. The molecule has 0 saturated carbocycles. The van der Waals surface area contributed by atoms with E-state index in [1.807, 2.05) is 0 Å². The van der Waals surface area contributed by atoms with E-state index in [1.54, 1.807) is 14.2 Å². The monoisotopic (exact) mass is 301 g/mol. The summed E-state index contributed by atoms with van der Waals surface area (Å²) in [4.78, 5) is 0. The van der Waals surface area contributed by atoms with Gasteiger partial charge in [0, 0.05) is 17.8 Å². The van der Waals surface area contributed by atoms with Gasteiger partial charge in [-0.05, 0) is 55.2 Å². The molecule has 1 aliphatic heterocycles. The van der Waals surface area contributed by atoms with E-state index in [-0.39, 0.29) is 0 Å². The molecule has 4 heteroatoms. The molecule has 21 heavy (non-hydrogen) atoms. The zero-order valence-electron chi connectivity index (χ0n) is 12.8. The summed E-state index contributed by atoms with van der Waals surface area (Å²) in [6.45, 7) is 5.12. The molecule has 0 N–H and O–H groups in total. The molecule has 0 saturated heterocycles. The van der Waals surface area contributed by atoms with E-state index in [2.05, 4.69) is 36.6 Å². The van der Waals surface area contributed by atoms with Gasteiger partial charge >= 0.3 is 0 Å². The minimum absolute atomic E-state index is 0.758. The second-order valence-corrected chi connectivity index (χ2v) is 5.80. The van der Waals surface area contributed by atoms with Gasteiger partial charge in [-0.2, -0.15) is 0 Å². The van der Waals surface area contributed by atoms with Gasteiger partial charge in [0.15, 0.2) is 11.5 Å². The first-order valence-electron chi connectivity index (χ1n) is 7.03. The number of methoxy groups -OCH3 is 2.